The molecule has 2 aromatic heterocycles. The number of pyridine rings is 1. The number of anilines is 1. The average molecular weight is 356 g/mol. The summed E-state index contributed by atoms with van der Waals surface area (Å²) >= 11 is 0. The molecule has 138 valence electrons. The van der Waals surface area contributed by atoms with Gasteiger partial charge in [-0.1, -0.05) is 6.07 Å². The lowest BCUT2D eigenvalue weighted by Gasteiger charge is -2.23. The maximum Gasteiger partial charge on any atom is 0.267 e. The van der Waals surface area contributed by atoms with Crippen LogP contribution < -0.4 is 16.4 Å². The van der Waals surface area contributed by atoms with Gasteiger partial charge in [-0.2, -0.15) is 0 Å². The zero-order valence-electron chi connectivity index (χ0n) is 14.7. The van der Waals surface area contributed by atoms with Crippen molar-refractivity contribution >= 4 is 17.6 Å². The molecule has 26 heavy (non-hydrogen) atoms. The van der Waals surface area contributed by atoms with Crippen molar-refractivity contribution in [2.24, 2.45) is 0 Å². The lowest BCUT2D eigenvalue weighted by molar-refractivity contribution is -0.125. The van der Waals surface area contributed by atoms with Crippen LogP contribution in [0.3, 0.4) is 0 Å². The van der Waals surface area contributed by atoms with Gasteiger partial charge in [-0.3, -0.25) is 14.5 Å². The summed E-state index contributed by atoms with van der Waals surface area (Å²) < 4.78 is 0. The number of carbonyl (C=O) groups excluding carboxylic acids is 2. The van der Waals surface area contributed by atoms with Crippen LogP contribution in [0.2, 0.25) is 0 Å². The SMILES string of the molecule is CCNC(=O)[C@@H]1C[C@@H](NC(=O)c2ccc[nH]2)CN1Cc1cccnc1N. The van der Waals surface area contributed by atoms with Gasteiger partial charge in [0.15, 0.2) is 0 Å². The van der Waals surface area contributed by atoms with Gasteiger partial charge in [0.25, 0.3) is 5.91 Å². The monoisotopic (exact) mass is 356 g/mol. The minimum Gasteiger partial charge on any atom is -0.383 e. The Morgan fingerprint density at radius 1 is 1.38 bits per heavy atom. The van der Waals surface area contributed by atoms with E-state index in [1.807, 2.05) is 24.0 Å². The third-order valence-electron chi connectivity index (χ3n) is 4.53. The van der Waals surface area contributed by atoms with Gasteiger partial charge in [0.05, 0.1) is 6.04 Å². The number of H-pyrrole nitrogens is 1. The van der Waals surface area contributed by atoms with Gasteiger partial charge in [0, 0.05) is 43.6 Å². The molecule has 2 amide bonds. The van der Waals surface area contributed by atoms with Crippen LogP contribution in [-0.4, -0.2) is 51.9 Å². The highest BCUT2D eigenvalue weighted by atomic mass is 16.2. The third kappa shape index (κ3) is 4.02. The maximum absolute atomic E-state index is 12.5. The van der Waals surface area contributed by atoms with E-state index in [1.165, 1.54) is 0 Å². The molecule has 2 atom stereocenters. The molecule has 0 saturated carbocycles. The fourth-order valence-corrected chi connectivity index (χ4v) is 3.29. The molecule has 3 rings (SSSR count). The van der Waals surface area contributed by atoms with E-state index in [4.69, 9.17) is 5.73 Å². The van der Waals surface area contributed by atoms with Crippen molar-refractivity contribution in [3.63, 3.8) is 0 Å². The minimum absolute atomic E-state index is 0.0356. The zero-order valence-corrected chi connectivity index (χ0v) is 14.7. The Labute approximate surface area is 152 Å². The number of nitrogens with one attached hydrogen (secondary N) is 3. The average Bonchev–Trinajstić information content (AvgIpc) is 3.27. The lowest BCUT2D eigenvalue weighted by Crippen LogP contribution is -2.42. The number of nitrogen functional groups attached to an aromatic ring is 1. The summed E-state index contributed by atoms with van der Waals surface area (Å²) in [5.74, 6) is 0.255. The van der Waals surface area contributed by atoms with Crippen molar-refractivity contribution in [1.82, 2.24) is 25.5 Å². The number of rotatable bonds is 6. The molecule has 1 aliphatic rings. The quantitative estimate of drug-likeness (QED) is 0.601. The second kappa shape index (κ2) is 8.01. The number of amides is 2. The van der Waals surface area contributed by atoms with Crippen LogP contribution in [0.1, 0.15) is 29.4 Å². The van der Waals surface area contributed by atoms with Crippen LogP contribution in [0.25, 0.3) is 0 Å². The Kier molecular flexibility index (Phi) is 5.52. The number of nitrogens with two attached hydrogens (primary N) is 1. The molecule has 0 bridgehead atoms. The number of aromatic nitrogens is 2. The summed E-state index contributed by atoms with van der Waals surface area (Å²) in [7, 11) is 0. The smallest absolute Gasteiger partial charge is 0.267 e. The highest BCUT2D eigenvalue weighted by Gasteiger charge is 2.37. The summed E-state index contributed by atoms with van der Waals surface area (Å²) in [6.45, 7) is 3.54. The molecule has 3 heterocycles. The third-order valence-corrected chi connectivity index (χ3v) is 4.53. The molecule has 8 nitrogen and oxygen atoms in total. The van der Waals surface area contributed by atoms with Crippen LogP contribution in [0, 0.1) is 0 Å². The van der Waals surface area contributed by atoms with E-state index in [0.29, 0.717) is 37.6 Å². The topological polar surface area (TPSA) is 116 Å². The van der Waals surface area contributed by atoms with E-state index in [2.05, 4.69) is 20.6 Å². The largest absolute Gasteiger partial charge is 0.383 e. The number of likely N-dealkylation sites (N-methyl/N-ethyl adjacent to an activating group) is 1. The first-order valence-corrected chi connectivity index (χ1v) is 8.74. The molecule has 5 N–H and O–H groups in total. The standard InChI is InChI=1S/C18H24N6O2/c1-2-20-18(26)15-9-13(23-17(25)14-6-4-7-21-14)11-24(15)10-12-5-3-8-22-16(12)19/h3-8,13,15,21H,2,9-11H2,1H3,(H2,19,22)(H,20,26)(H,23,25)/t13-,15+/m1/s1. The second-order valence-electron chi connectivity index (χ2n) is 6.38. The maximum atomic E-state index is 12.5. The minimum atomic E-state index is -0.316. The summed E-state index contributed by atoms with van der Waals surface area (Å²) in [5, 5.41) is 5.87. The van der Waals surface area contributed by atoms with Gasteiger partial charge < -0.3 is 21.4 Å². The zero-order chi connectivity index (χ0) is 18.5. The van der Waals surface area contributed by atoms with Crippen molar-refractivity contribution in [3.05, 3.63) is 47.9 Å². The summed E-state index contributed by atoms with van der Waals surface area (Å²) in [6.07, 6.45) is 3.90. The van der Waals surface area contributed by atoms with E-state index >= 15 is 0 Å². The molecular weight excluding hydrogens is 332 g/mol. The first-order valence-electron chi connectivity index (χ1n) is 8.74. The number of carbonyl (C=O) groups is 2. The Bertz CT molecular complexity index is 761. The Morgan fingerprint density at radius 2 is 2.23 bits per heavy atom. The molecule has 1 saturated heterocycles. The molecule has 2 aromatic rings. The molecule has 0 radical (unpaired) electrons. The van der Waals surface area contributed by atoms with Gasteiger partial charge in [0.1, 0.15) is 11.5 Å². The highest BCUT2D eigenvalue weighted by molar-refractivity contribution is 5.92. The Balaban J connectivity index is 1.71. The molecule has 8 heteroatoms. The van der Waals surface area contributed by atoms with Crippen LogP contribution in [0.4, 0.5) is 5.82 Å². The normalized spacial score (nSPS) is 20.0. The molecule has 1 aliphatic heterocycles. The summed E-state index contributed by atoms with van der Waals surface area (Å²) in [4.78, 5) is 33.8. The van der Waals surface area contributed by atoms with Crippen LogP contribution in [0.15, 0.2) is 36.7 Å². The molecule has 0 spiro atoms. The number of hydrogen-bond acceptors (Lipinski definition) is 5. The van der Waals surface area contributed by atoms with E-state index in [-0.39, 0.29) is 23.9 Å². The van der Waals surface area contributed by atoms with Gasteiger partial charge in [0.2, 0.25) is 5.91 Å². The predicted molar refractivity (Wildman–Crippen MR) is 98.2 cm³/mol. The molecule has 1 fully saturated rings. The van der Waals surface area contributed by atoms with Crippen LogP contribution in [-0.2, 0) is 11.3 Å². The fourth-order valence-electron chi connectivity index (χ4n) is 3.29. The van der Waals surface area contributed by atoms with Crippen molar-refractivity contribution in [3.8, 4) is 0 Å². The summed E-state index contributed by atoms with van der Waals surface area (Å²) in [6, 6.07) is 6.80. The van der Waals surface area contributed by atoms with Gasteiger partial charge in [-0.25, -0.2) is 4.98 Å². The van der Waals surface area contributed by atoms with Crippen molar-refractivity contribution in [1.29, 1.82) is 0 Å². The van der Waals surface area contributed by atoms with Crippen molar-refractivity contribution in [2.45, 2.75) is 32.0 Å². The van der Waals surface area contributed by atoms with E-state index in [0.717, 1.165) is 5.56 Å². The second-order valence-corrected chi connectivity index (χ2v) is 6.38. The van der Waals surface area contributed by atoms with Crippen LogP contribution >= 0.6 is 0 Å². The first-order chi connectivity index (χ1) is 12.6. The highest BCUT2D eigenvalue weighted by Crippen LogP contribution is 2.23. The predicted octanol–water partition coefficient (Wildman–Crippen LogP) is 0.501. The number of aromatic amines is 1. The molecule has 0 aromatic carbocycles. The molecule has 0 aliphatic carbocycles. The van der Waals surface area contributed by atoms with Gasteiger partial charge >= 0.3 is 0 Å². The van der Waals surface area contributed by atoms with E-state index < -0.39 is 0 Å². The Hall–Kier alpha value is -2.87. The lowest BCUT2D eigenvalue weighted by atomic mass is 10.1. The van der Waals surface area contributed by atoms with Crippen molar-refractivity contribution < 1.29 is 9.59 Å². The number of likely N-dealkylation sites (tertiary alicyclic amines) is 1. The van der Waals surface area contributed by atoms with E-state index in [9.17, 15) is 9.59 Å². The van der Waals surface area contributed by atoms with E-state index in [1.54, 1.807) is 24.5 Å². The molecule has 0 unspecified atom stereocenters. The van der Waals surface area contributed by atoms with Crippen LogP contribution in [0.5, 0.6) is 0 Å². The van der Waals surface area contributed by atoms with Crippen molar-refractivity contribution in [2.75, 3.05) is 18.8 Å². The van der Waals surface area contributed by atoms with Gasteiger partial charge in [-0.05, 0) is 31.5 Å². The fraction of sp³-hybridized carbons (Fsp3) is 0.389. The summed E-state index contributed by atoms with van der Waals surface area (Å²) in [5.41, 5.74) is 7.33. The molecular formula is C18H24N6O2. The number of hydrogen-bond donors (Lipinski definition) is 4. The van der Waals surface area contributed by atoms with Gasteiger partial charge in [-0.15, -0.1) is 0 Å². The number of nitrogens with zero attached hydrogens (tertiary/aromatic N) is 2. The first kappa shape index (κ1) is 17.9. The Morgan fingerprint density at radius 3 is 2.92 bits per heavy atom.